The Labute approximate surface area is 148 Å². The van der Waals surface area contributed by atoms with Gasteiger partial charge in [0.05, 0.1) is 6.61 Å². The molecule has 1 heterocycles. The molecule has 0 saturated heterocycles. The lowest BCUT2D eigenvalue weighted by Gasteiger charge is -2.27. The van der Waals surface area contributed by atoms with Crippen molar-refractivity contribution >= 4 is 22.9 Å². The fourth-order valence-corrected chi connectivity index (χ4v) is 2.85. The molecule has 1 aliphatic heterocycles. The van der Waals surface area contributed by atoms with Crippen LogP contribution < -0.4 is 9.64 Å². The largest absolute Gasteiger partial charge is 0.494 e. The molecule has 0 saturated carbocycles. The van der Waals surface area contributed by atoms with Crippen LogP contribution in [0.3, 0.4) is 0 Å². The lowest BCUT2D eigenvalue weighted by molar-refractivity contribution is 0.340. The van der Waals surface area contributed by atoms with Crippen LogP contribution in [0.4, 0.5) is 5.69 Å². The summed E-state index contributed by atoms with van der Waals surface area (Å²) in [6.45, 7) is 8.89. The maximum absolute atomic E-state index is 5.99. The first kappa shape index (κ1) is 16.4. The second-order valence-corrected chi connectivity index (χ2v) is 6.10. The van der Waals surface area contributed by atoms with Gasteiger partial charge in [-0.05, 0) is 67.0 Å². The van der Waals surface area contributed by atoms with Gasteiger partial charge in [-0.15, -0.1) is 0 Å². The highest BCUT2D eigenvalue weighted by molar-refractivity contribution is 6.30. The van der Waals surface area contributed by atoms with Gasteiger partial charge in [0.25, 0.3) is 0 Å². The van der Waals surface area contributed by atoms with E-state index in [2.05, 4.69) is 42.8 Å². The topological polar surface area (TPSA) is 12.5 Å². The van der Waals surface area contributed by atoms with Gasteiger partial charge in [0.2, 0.25) is 0 Å². The zero-order chi connectivity index (χ0) is 17.1. The summed E-state index contributed by atoms with van der Waals surface area (Å²) < 4.78 is 5.57. The summed E-state index contributed by atoms with van der Waals surface area (Å²) >= 11 is 5.99. The Bertz CT molecular complexity index is 818. The Morgan fingerprint density at radius 3 is 2.50 bits per heavy atom. The molecule has 0 amide bonds. The fraction of sp³-hybridized carbons (Fsp3) is 0.143. The molecule has 2 aromatic carbocycles. The van der Waals surface area contributed by atoms with Crippen LogP contribution in [0.2, 0.25) is 5.02 Å². The smallest absolute Gasteiger partial charge is 0.119 e. The van der Waals surface area contributed by atoms with Crippen LogP contribution in [-0.4, -0.2) is 6.61 Å². The molecule has 0 N–H and O–H groups in total. The zero-order valence-corrected chi connectivity index (χ0v) is 14.7. The molecule has 0 radical (unpaired) electrons. The fourth-order valence-electron chi connectivity index (χ4n) is 2.72. The van der Waals surface area contributed by atoms with Crippen LogP contribution in [0.15, 0.2) is 73.1 Å². The standard InChI is InChI=1S/C21H20ClNO/c1-4-24-20-11-12-21(15(2)13-20)23-14-18(6-5-16(23)3)17-7-9-19(22)10-8-17/h5-14H,3-4H2,1-2H3. The normalized spacial score (nSPS) is 13.9. The number of halogens is 1. The van der Waals surface area contributed by atoms with Crippen molar-refractivity contribution in [2.75, 3.05) is 11.5 Å². The molecule has 2 aromatic rings. The molecule has 3 rings (SSSR count). The molecule has 0 spiro atoms. The van der Waals surface area contributed by atoms with Gasteiger partial charge in [-0.1, -0.05) is 36.4 Å². The molecular weight excluding hydrogens is 318 g/mol. The summed E-state index contributed by atoms with van der Waals surface area (Å²) in [6.07, 6.45) is 6.21. The monoisotopic (exact) mass is 337 g/mol. The molecule has 0 bridgehead atoms. The molecule has 0 aliphatic carbocycles. The van der Waals surface area contributed by atoms with Gasteiger partial charge < -0.3 is 9.64 Å². The molecule has 122 valence electrons. The maximum Gasteiger partial charge on any atom is 0.119 e. The first-order valence-electron chi connectivity index (χ1n) is 7.96. The predicted octanol–water partition coefficient (Wildman–Crippen LogP) is 5.98. The van der Waals surface area contributed by atoms with Gasteiger partial charge in [-0.2, -0.15) is 0 Å². The lowest BCUT2D eigenvalue weighted by atomic mass is 10.0. The summed E-state index contributed by atoms with van der Waals surface area (Å²) in [5, 5.41) is 0.739. The van der Waals surface area contributed by atoms with Crippen LogP contribution in [0.5, 0.6) is 5.75 Å². The highest BCUT2D eigenvalue weighted by Gasteiger charge is 2.15. The quantitative estimate of drug-likeness (QED) is 0.680. The zero-order valence-electron chi connectivity index (χ0n) is 13.9. The van der Waals surface area contributed by atoms with Gasteiger partial charge in [-0.25, -0.2) is 0 Å². The SMILES string of the molecule is C=C1C=CC(c2ccc(Cl)cc2)=CN1c1ccc(OCC)cc1C. The number of nitrogens with zero attached hydrogens (tertiary/aromatic N) is 1. The van der Waals surface area contributed by atoms with E-state index in [9.17, 15) is 0 Å². The Balaban J connectivity index is 1.96. The summed E-state index contributed by atoms with van der Waals surface area (Å²) in [7, 11) is 0. The number of hydrogen-bond donors (Lipinski definition) is 0. The highest BCUT2D eigenvalue weighted by Crippen LogP contribution is 2.32. The molecule has 1 aliphatic rings. The van der Waals surface area contributed by atoms with Crippen molar-refractivity contribution in [2.45, 2.75) is 13.8 Å². The van der Waals surface area contributed by atoms with E-state index in [0.29, 0.717) is 6.61 Å². The number of hydrogen-bond acceptors (Lipinski definition) is 2. The highest BCUT2D eigenvalue weighted by atomic mass is 35.5. The molecule has 24 heavy (non-hydrogen) atoms. The Morgan fingerprint density at radius 2 is 1.83 bits per heavy atom. The van der Waals surface area contributed by atoms with E-state index in [-0.39, 0.29) is 0 Å². The number of benzene rings is 2. The average Bonchev–Trinajstić information content (AvgIpc) is 2.57. The van der Waals surface area contributed by atoms with E-state index in [1.807, 2.05) is 43.3 Å². The van der Waals surface area contributed by atoms with E-state index in [4.69, 9.17) is 16.3 Å². The second-order valence-electron chi connectivity index (χ2n) is 5.67. The summed E-state index contributed by atoms with van der Waals surface area (Å²) in [4.78, 5) is 2.11. The molecule has 2 nitrogen and oxygen atoms in total. The summed E-state index contributed by atoms with van der Waals surface area (Å²) in [5.74, 6) is 0.888. The summed E-state index contributed by atoms with van der Waals surface area (Å²) in [6, 6.07) is 14.0. The molecule has 0 aromatic heterocycles. The number of anilines is 1. The molecule has 0 atom stereocenters. The third-order valence-corrected chi connectivity index (χ3v) is 4.20. The van der Waals surface area contributed by atoms with Crippen LogP contribution in [0.25, 0.3) is 5.57 Å². The van der Waals surface area contributed by atoms with Crippen molar-refractivity contribution in [1.82, 2.24) is 0 Å². The predicted molar refractivity (Wildman–Crippen MR) is 103 cm³/mol. The van der Waals surface area contributed by atoms with Gasteiger partial charge in [0, 0.05) is 22.6 Å². The molecule has 0 unspecified atom stereocenters. The number of allylic oxidation sites excluding steroid dienone is 3. The Kier molecular flexibility index (Phi) is 4.77. The van der Waals surface area contributed by atoms with Crippen molar-refractivity contribution in [2.24, 2.45) is 0 Å². The van der Waals surface area contributed by atoms with Crippen LogP contribution >= 0.6 is 11.6 Å². The summed E-state index contributed by atoms with van der Waals surface area (Å²) in [5.41, 5.74) is 5.41. The first-order valence-corrected chi connectivity index (χ1v) is 8.33. The number of aryl methyl sites for hydroxylation is 1. The third-order valence-electron chi connectivity index (χ3n) is 3.95. The average molecular weight is 338 g/mol. The van der Waals surface area contributed by atoms with Crippen molar-refractivity contribution < 1.29 is 4.74 Å². The van der Waals surface area contributed by atoms with E-state index in [1.165, 1.54) is 0 Å². The number of rotatable bonds is 4. The van der Waals surface area contributed by atoms with Gasteiger partial charge in [0.1, 0.15) is 5.75 Å². The van der Waals surface area contributed by atoms with Crippen LogP contribution in [0.1, 0.15) is 18.1 Å². The van der Waals surface area contributed by atoms with Gasteiger partial charge in [0.15, 0.2) is 0 Å². The van der Waals surface area contributed by atoms with Gasteiger partial charge in [-0.3, -0.25) is 0 Å². The number of ether oxygens (including phenoxy) is 1. The minimum atomic E-state index is 0.665. The Hall–Kier alpha value is -2.45. The van der Waals surface area contributed by atoms with Crippen molar-refractivity contribution in [3.63, 3.8) is 0 Å². The van der Waals surface area contributed by atoms with Crippen LogP contribution in [0, 0.1) is 6.92 Å². The molecule has 3 heteroatoms. The lowest BCUT2D eigenvalue weighted by Crippen LogP contribution is -2.17. The van der Waals surface area contributed by atoms with Gasteiger partial charge >= 0.3 is 0 Å². The van der Waals surface area contributed by atoms with Crippen molar-refractivity contribution in [3.8, 4) is 5.75 Å². The third kappa shape index (κ3) is 3.39. The van der Waals surface area contributed by atoms with E-state index < -0.39 is 0 Å². The molecular formula is C21H20ClNO. The van der Waals surface area contributed by atoms with Crippen LogP contribution in [-0.2, 0) is 0 Å². The minimum Gasteiger partial charge on any atom is -0.494 e. The molecule has 0 fully saturated rings. The Morgan fingerprint density at radius 1 is 1.08 bits per heavy atom. The second kappa shape index (κ2) is 6.98. The first-order chi connectivity index (χ1) is 11.6. The van der Waals surface area contributed by atoms with E-state index in [0.717, 1.165) is 38.9 Å². The van der Waals surface area contributed by atoms with E-state index >= 15 is 0 Å². The maximum atomic E-state index is 5.99. The van der Waals surface area contributed by atoms with Crippen molar-refractivity contribution in [3.05, 3.63) is 89.2 Å². The van der Waals surface area contributed by atoms with E-state index in [1.54, 1.807) is 0 Å². The van der Waals surface area contributed by atoms with Crippen molar-refractivity contribution in [1.29, 1.82) is 0 Å². The minimum absolute atomic E-state index is 0.665.